The van der Waals surface area contributed by atoms with Gasteiger partial charge in [-0.15, -0.1) is 0 Å². The lowest BCUT2D eigenvalue weighted by Gasteiger charge is -2.17. The van der Waals surface area contributed by atoms with Crippen LogP contribution in [-0.4, -0.2) is 13.2 Å². The van der Waals surface area contributed by atoms with Crippen molar-refractivity contribution < 1.29 is 4.74 Å². The summed E-state index contributed by atoms with van der Waals surface area (Å²) in [6.07, 6.45) is 10.9. The predicted octanol–water partition coefficient (Wildman–Crippen LogP) is 2.29. The number of nitrogens with two attached hydrogens (primary N) is 1. The number of rotatable bonds is 2. The Bertz CT molecular complexity index is 299. The van der Waals surface area contributed by atoms with Crippen molar-refractivity contribution in [1.82, 2.24) is 0 Å². The van der Waals surface area contributed by atoms with E-state index in [9.17, 15) is 0 Å². The molecule has 2 N–H and O–H groups in total. The Hall–Kier alpha value is -1.02. The van der Waals surface area contributed by atoms with Crippen LogP contribution in [0.2, 0.25) is 0 Å². The van der Waals surface area contributed by atoms with Gasteiger partial charge in [-0.05, 0) is 43.9 Å². The molecule has 0 radical (unpaired) electrons. The van der Waals surface area contributed by atoms with E-state index in [2.05, 4.69) is 18.2 Å². The zero-order valence-electron chi connectivity index (χ0n) is 8.46. The monoisotopic (exact) mass is 191 g/mol. The minimum absolute atomic E-state index is 0.724. The maximum absolute atomic E-state index is 5.62. The van der Waals surface area contributed by atoms with E-state index in [1.54, 1.807) is 0 Å². The van der Waals surface area contributed by atoms with Crippen molar-refractivity contribution in [2.24, 2.45) is 5.73 Å². The average Bonchev–Trinajstić information content (AvgIpc) is 2.42. The molecule has 0 aromatic rings. The van der Waals surface area contributed by atoms with Gasteiger partial charge in [0.25, 0.3) is 0 Å². The van der Waals surface area contributed by atoms with Crippen LogP contribution in [0.1, 0.15) is 25.7 Å². The van der Waals surface area contributed by atoms with Gasteiger partial charge in [-0.3, -0.25) is 0 Å². The fourth-order valence-electron chi connectivity index (χ4n) is 1.92. The van der Waals surface area contributed by atoms with E-state index in [-0.39, 0.29) is 0 Å². The Balaban J connectivity index is 2.11. The second kappa shape index (κ2) is 4.47. The first-order chi connectivity index (χ1) is 6.90. The number of hydrogen-bond acceptors (Lipinski definition) is 2. The standard InChI is InChI=1S/C12H17NO/c13-8-7-10-3-5-11-2-1-9-14-12(11)6-4-10/h3-4,6H,1-2,5,7-9,13H2. The van der Waals surface area contributed by atoms with Gasteiger partial charge in [0.05, 0.1) is 6.61 Å². The summed E-state index contributed by atoms with van der Waals surface area (Å²) in [4.78, 5) is 0. The molecule has 0 spiro atoms. The van der Waals surface area contributed by atoms with Crippen LogP contribution in [0.3, 0.4) is 0 Å². The van der Waals surface area contributed by atoms with Crippen molar-refractivity contribution in [2.75, 3.05) is 13.2 Å². The van der Waals surface area contributed by atoms with Gasteiger partial charge in [-0.2, -0.15) is 0 Å². The van der Waals surface area contributed by atoms with Crippen LogP contribution in [0, 0.1) is 0 Å². The normalized spacial score (nSPS) is 21.1. The van der Waals surface area contributed by atoms with Crippen molar-refractivity contribution in [3.05, 3.63) is 35.1 Å². The smallest absolute Gasteiger partial charge is 0.118 e. The van der Waals surface area contributed by atoms with Crippen LogP contribution in [-0.2, 0) is 4.74 Å². The van der Waals surface area contributed by atoms with Gasteiger partial charge in [-0.25, -0.2) is 0 Å². The third-order valence-electron chi connectivity index (χ3n) is 2.72. The molecule has 0 aromatic heterocycles. The summed E-state index contributed by atoms with van der Waals surface area (Å²) in [5.74, 6) is 1.10. The third kappa shape index (κ3) is 2.07. The average molecular weight is 191 g/mol. The van der Waals surface area contributed by atoms with Crippen molar-refractivity contribution in [3.8, 4) is 0 Å². The maximum atomic E-state index is 5.62. The molecule has 2 rings (SSSR count). The lowest BCUT2D eigenvalue weighted by Crippen LogP contribution is -2.04. The van der Waals surface area contributed by atoms with Crippen LogP contribution < -0.4 is 5.73 Å². The van der Waals surface area contributed by atoms with E-state index in [1.807, 2.05) is 0 Å². The summed E-state index contributed by atoms with van der Waals surface area (Å²) in [6, 6.07) is 0. The Morgan fingerprint density at radius 1 is 1.36 bits per heavy atom. The van der Waals surface area contributed by atoms with E-state index in [1.165, 1.54) is 17.6 Å². The molecule has 0 unspecified atom stereocenters. The molecule has 0 fully saturated rings. The second-order valence-electron chi connectivity index (χ2n) is 3.77. The molecule has 0 amide bonds. The Labute approximate surface area is 85.1 Å². The zero-order chi connectivity index (χ0) is 9.80. The van der Waals surface area contributed by atoms with Crippen molar-refractivity contribution >= 4 is 0 Å². The highest BCUT2D eigenvalue weighted by molar-refractivity contribution is 5.34. The number of allylic oxidation sites excluding steroid dienone is 4. The van der Waals surface area contributed by atoms with Crippen molar-refractivity contribution in [3.63, 3.8) is 0 Å². The van der Waals surface area contributed by atoms with Gasteiger partial charge in [0, 0.05) is 0 Å². The fraction of sp³-hybridized carbons (Fsp3) is 0.500. The topological polar surface area (TPSA) is 35.2 Å². The molecular formula is C12H17NO. The van der Waals surface area contributed by atoms with Gasteiger partial charge in [0.2, 0.25) is 0 Å². The predicted molar refractivity (Wildman–Crippen MR) is 57.7 cm³/mol. The Morgan fingerprint density at radius 2 is 2.29 bits per heavy atom. The molecule has 0 atom stereocenters. The highest BCUT2D eigenvalue weighted by Crippen LogP contribution is 2.27. The van der Waals surface area contributed by atoms with Gasteiger partial charge in [-0.1, -0.05) is 17.7 Å². The Morgan fingerprint density at radius 3 is 3.14 bits per heavy atom. The van der Waals surface area contributed by atoms with E-state index in [4.69, 9.17) is 10.5 Å². The SMILES string of the molecule is NCCC1=CCC2=C(C=C1)OCCC2. The highest BCUT2D eigenvalue weighted by Gasteiger charge is 2.12. The van der Waals surface area contributed by atoms with E-state index in [0.29, 0.717) is 0 Å². The Kier molecular flexibility index (Phi) is 3.04. The summed E-state index contributed by atoms with van der Waals surface area (Å²) in [5, 5.41) is 0. The van der Waals surface area contributed by atoms with Crippen LogP contribution >= 0.6 is 0 Å². The maximum Gasteiger partial charge on any atom is 0.118 e. The van der Waals surface area contributed by atoms with E-state index < -0.39 is 0 Å². The van der Waals surface area contributed by atoms with Crippen LogP contribution in [0.4, 0.5) is 0 Å². The first-order valence-corrected chi connectivity index (χ1v) is 5.32. The van der Waals surface area contributed by atoms with E-state index >= 15 is 0 Å². The lowest BCUT2D eigenvalue weighted by atomic mass is 10.0. The molecule has 14 heavy (non-hydrogen) atoms. The van der Waals surface area contributed by atoms with Gasteiger partial charge in [0.1, 0.15) is 5.76 Å². The molecule has 76 valence electrons. The summed E-state index contributed by atoms with van der Waals surface area (Å²) < 4.78 is 5.62. The van der Waals surface area contributed by atoms with Gasteiger partial charge >= 0.3 is 0 Å². The molecule has 1 aliphatic carbocycles. The highest BCUT2D eigenvalue weighted by atomic mass is 16.5. The molecule has 0 saturated heterocycles. The molecule has 2 heteroatoms. The van der Waals surface area contributed by atoms with E-state index in [0.717, 1.165) is 38.2 Å². The largest absolute Gasteiger partial charge is 0.494 e. The lowest BCUT2D eigenvalue weighted by molar-refractivity contribution is 0.199. The molecule has 2 nitrogen and oxygen atoms in total. The van der Waals surface area contributed by atoms with Crippen molar-refractivity contribution in [2.45, 2.75) is 25.7 Å². The second-order valence-corrected chi connectivity index (χ2v) is 3.77. The molecule has 0 saturated carbocycles. The minimum atomic E-state index is 0.724. The quantitative estimate of drug-likeness (QED) is 0.726. The van der Waals surface area contributed by atoms with Crippen LogP contribution in [0.15, 0.2) is 35.1 Å². The van der Waals surface area contributed by atoms with Crippen molar-refractivity contribution in [1.29, 1.82) is 0 Å². The molecule has 1 heterocycles. The summed E-state index contributed by atoms with van der Waals surface area (Å²) in [5.41, 5.74) is 8.32. The first-order valence-electron chi connectivity index (χ1n) is 5.32. The minimum Gasteiger partial charge on any atom is -0.494 e. The summed E-state index contributed by atoms with van der Waals surface area (Å²) >= 11 is 0. The van der Waals surface area contributed by atoms with Crippen LogP contribution in [0.25, 0.3) is 0 Å². The number of hydrogen-bond donors (Lipinski definition) is 1. The fourth-order valence-corrected chi connectivity index (χ4v) is 1.92. The number of ether oxygens (including phenoxy) is 1. The summed E-state index contributed by atoms with van der Waals surface area (Å²) in [7, 11) is 0. The van der Waals surface area contributed by atoms with Gasteiger partial charge in [0.15, 0.2) is 0 Å². The van der Waals surface area contributed by atoms with Gasteiger partial charge < -0.3 is 10.5 Å². The molecule has 0 bridgehead atoms. The molecule has 2 aliphatic rings. The van der Waals surface area contributed by atoms with Crippen LogP contribution in [0.5, 0.6) is 0 Å². The summed E-state index contributed by atoms with van der Waals surface area (Å²) in [6.45, 7) is 1.59. The first kappa shape index (κ1) is 9.53. The molecular weight excluding hydrogens is 174 g/mol. The molecule has 0 aromatic carbocycles. The molecule has 1 aliphatic heterocycles. The third-order valence-corrected chi connectivity index (χ3v) is 2.72. The zero-order valence-corrected chi connectivity index (χ0v) is 8.46.